The first-order valence-corrected chi connectivity index (χ1v) is 7.17. The molecule has 0 aliphatic heterocycles. The van der Waals surface area contributed by atoms with Crippen molar-refractivity contribution in [2.75, 3.05) is 13.7 Å². The Hall–Kier alpha value is -2.80. The molecule has 0 aliphatic rings. The van der Waals surface area contributed by atoms with Gasteiger partial charge in [-0.1, -0.05) is 37.3 Å². The van der Waals surface area contributed by atoms with Gasteiger partial charge in [-0.25, -0.2) is 0 Å². The van der Waals surface area contributed by atoms with E-state index in [1.54, 1.807) is 13.2 Å². The highest BCUT2D eigenvalue weighted by atomic mass is 16.5. The van der Waals surface area contributed by atoms with Gasteiger partial charge in [0.2, 0.25) is 0 Å². The van der Waals surface area contributed by atoms with Gasteiger partial charge in [-0.2, -0.15) is 5.26 Å². The summed E-state index contributed by atoms with van der Waals surface area (Å²) in [6.07, 6.45) is 2.45. The number of nitrogens with zero attached hydrogens (tertiary/aromatic N) is 1. The number of carbonyl (C=O) groups is 1. The fraction of sp³-hybridized carbons (Fsp3) is 0.222. The van der Waals surface area contributed by atoms with E-state index in [0.717, 1.165) is 28.5 Å². The van der Waals surface area contributed by atoms with Gasteiger partial charge < -0.3 is 10.1 Å². The van der Waals surface area contributed by atoms with Crippen LogP contribution >= 0.6 is 0 Å². The first-order chi connectivity index (χ1) is 10.7. The number of benzene rings is 2. The molecule has 2 aromatic rings. The topological polar surface area (TPSA) is 62.1 Å². The Morgan fingerprint density at radius 2 is 2.00 bits per heavy atom. The van der Waals surface area contributed by atoms with Crippen LogP contribution in [0.2, 0.25) is 0 Å². The number of amides is 1. The second-order valence-corrected chi connectivity index (χ2v) is 4.83. The van der Waals surface area contributed by atoms with Crippen LogP contribution in [0.4, 0.5) is 0 Å². The number of nitrogens with one attached hydrogen (secondary N) is 1. The van der Waals surface area contributed by atoms with E-state index in [1.807, 2.05) is 49.4 Å². The summed E-state index contributed by atoms with van der Waals surface area (Å²) >= 11 is 0. The average molecular weight is 294 g/mol. The Morgan fingerprint density at radius 3 is 2.64 bits per heavy atom. The molecule has 0 heterocycles. The molecule has 4 heteroatoms. The highest BCUT2D eigenvalue weighted by Gasteiger charge is 2.10. The third-order valence-corrected chi connectivity index (χ3v) is 3.34. The molecule has 1 N–H and O–H groups in total. The minimum Gasteiger partial charge on any atom is -0.496 e. The molecule has 22 heavy (non-hydrogen) atoms. The van der Waals surface area contributed by atoms with Crippen LogP contribution in [0.3, 0.4) is 0 Å². The van der Waals surface area contributed by atoms with Crippen molar-refractivity contribution in [1.82, 2.24) is 5.32 Å². The molecule has 112 valence electrons. The number of carbonyl (C=O) groups excluding carboxylic acids is 1. The third kappa shape index (κ3) is 3.26. The largest absolute Gasteiger partial charge is 0.496 e. The van der Waals surface area contributed by atoms with E-state index < -0.39 is 0 Å². The third-order valence-electron chi connectivity index (χ3n) is 3.34. The average Bonchev–Trinajstić information content (AvgIpc) is 2.57. The van der Waals surface area contributed by atoms with E-state index in [4.69, 9.17) is 4.74 Å². The molecule has 0 unspecified atom stereocenters. The maximum Gasteiger partial charge on any atom is 0.261 e. The van der Waals surface area contributed by atoms with Crippen LogP contribution in [0.15, 0.2) is 42.0 Å². The van der Waals surface area contributed by atoms with Gasteiger partial charge in [-0.15, -0.1) is 0 Å². The number of nitriles is 1. The lowest BCUT2D eigenvalue weighted by Crippen LogP contribution is -2.25. The lowest BCUT2D eigenvalue weighted by Gasteiger charge is -2.08. The van der Waals surface area contributed by atoms with E-state index in [2.05, 4.69) is 5.32 Å². The Kier molecular flexibility index (Phi) is 5.16. The zero-order chi connectivity index (χ0) is 15.9. The zero-order valence-corrected chi connectivity index (χ0v) is 12.7. The molecular formula is C18H18N2O2. The lowest BCUT2D eigenvalue weighted by atomic mass is 10.0. The smallest absolute Gasteiger partial charge is 0.261 e. The number of hydrogen-bond acceptors (Lipinski definition) is 3. The summed E-state index contributed by atoms with van der Waals surface area (Å²) in [4.78, 5) is 12.0. The second-order valence-electron chi connectivity index (χ2n) is 4.83. The fourth-order valence-electron chi connectivity index (χ4n) is 2.24. The molecule has 0 aliphatic carbocycles. The SMILES string of the molecule is CCCNC(=O)/C(C#N)=C/c1ccc(OC)c2ccccc12. The minimum absolute atomic E-state index is 0.101. The van der Waals surface area contributed by atoms with Gasteiger partial charge in [0, 0.05) is 11.9 Å². The Labute approximate surface area is 130 Å². The van der Waals surface area contributed by atoms with Gasteiger partial charge in [0.1, 0.15) is 17.4 Å². The lowest BCUT2D eigenvalue weighted by molar-refractivity contribution is -0.117. The number of ether oxygens (including phenoxy) is 1. The van der Waals surface area contributed by atoms with Crippen LogP contribution in [0.25, 0.3) is 16.8 Å². The van der Waals surface area contributed by atoms with Crippen molar-refractivity contribution in [1.29, 1.82) is 5.26 Å². The summed E-state index contributed by atoms with van der Waals surface area (Å²) < 4.78 is 5.35. The summed E-state index contributed by atoms with van der Waals surface area (Å²) in [5, 5.41) is 13.8. The van der Waals surface area contributed by atoms with Crippen LogP contribution in [0, 0.1) is 11.3 Å². The molecule has 0 saturated heterocycles. The number of hydrogen-bond donors (Lipinski definition) is 1. The molecule has 4 nitrogen and oxygen atoms in total. The zero-order valence-electron chi connectivity index (χ0n) is 12.7. The summed E-state index contributed by atoms with van der Waals surface area (Å²) in [6.45, 7) is 2.52. The van der Waals surface area contributed by atoms with Gasteiger partial charge in [-0.3, -0.25) is 4.79 Å². The maximum atomic E-state index is 12.0. The van der Waals surface area contributed by atoms with E-state index in [0.29, 0.717) is 6.54 Å². The van der Waals surface area contributed by atoms with Crippen molar-refractivity contribution in [3.8, 4) is 11.8 Å². The monoisotopic (exact) mass is 294 g/mol. The van der Waals surface area contributed by atoms with Gasteiger partial charge in [0.25, 0.3) is 5.91 Å². The number of rotatable bonds is 5. The molecule has 0 saturated carbocycles. The number of fused-ring (bicyclic) bond motifs is 1. The van der Waals surface area contributed by atoms with E-state index in [-0.39, 0.29) is 11.5 Å². The van der Waals surface area contributed by atoms with Gasteiger partial charge in [-0.05, 0) is 29.5 Å². The molecular weight excluding hydrogens is 276 g/mol. The van der Waals surface area contributed by atoms with Gasteiger partial charge in [0.15, 0.2) is 0 Å². The summed E-state index contributed by atoms with van der Waals surface area (Å²) in [5.41, 5.74) is 0.920. The molecule has 0 bridgehead atoms. The van der Waals surface area contributed by atoms with Gasteiger partial charge in [0.05, 0.1) is 7.11 Å². The Bertz CT molecular complexity index is 757. The molecule has 0 spiro atoms. The Morgan fingerprint density at radius 1 is 1.27 bits per heavy atom. The van der Waals surface area contributed by atoms with Crippen molar-refractivity contribution in [2.45, 2.75) is 13.3 Å². The van der Waals surface area contributed by atoms with E-state index >= 15 is 0 Å². The maximum absolute atomic E-state index is 12.0. The van der Waals surface area contributed by atoms with Gasteiger partial charge >= 0.3 is 0 Å². The minimum atomic E-state index is -0.343. The highest BCUT2D eigenvalue weighted by molar-refractivity contribution is 6.04. The predicted molar refractivity (Wildman–Crippen MR) is 87.4 cm³/mol. The molecule has 2 aromatic carbocycles. The molecule has 0 radical (unpaired) electrons. The summed E-state index contributed by atoms with van der Waals surface area (Å²) in [6, 6.07) is 13.4. The van der Waals surface area contributed by atoms with Crippen molar-refractivity contribution in [2.24, 2.45) is 0 Å². The van der Waals surface area contributed by atoms with Crippen LogP contribution in [-0.4, -0.2) is 19.6 Å². The summed E-state index contributed by atoms with van der Waals surface area (Å²) in [7, 11) is 1.62. The number of methoxy groups -OCH3 is 1. The van der Waals surface area contributed by atoms with E-state index in [1.165, 1.54) is 0 Å². The van der Waals surface area contributed by atoms with E-state index in [9.17, 15) is 10.1 Å². The van der Waals surface area contributed by atoms with Crippen molar-refractivity contribution in [3.05, 3.63) is 47.5 Å². The molecule has 1 amide bonds. The molecule has 0 atom stereocenters. The van der Waals surface area contributed by atoms with Crippen LogP contribution < -0.4 is 10.1 Å². The quantitative estimate of drug-likeness (QED) is 0.680. The van der Waals surface area contributed by atoms with Crippen molar-refractivity contribution in [3.63, 3.8) is 0 Å². The second kappa shape index (κ2) is 7.28. The molecule has 2 rings (SSSR count). The first-order valence-electron chi connectivity index (χ1n) is 7.17. The fourth-order valence-corrected chi connectivity index (χ4v) is 2.24. The van der Waals surface area contributed by atoms with Crippen LogP contribution in [0.5, 0.6) is 5.75 Å². The van der Waals surface area contributed by atoms with Crippen molar-refractivity contribution < 1.29 is 9.53 Å². The van der Waals surface area contributed by atoms with Crippen LogP contribution in [0.1, 0.15) is 18.9 Å². The molecule has 0 fully saturated rings. The standard InChI is InChI=1S/C18H18N2O2/c1-3-10-20-18(21)14(12-19)11-13-8-9-17(22-2)16-7-5-4-6-15(13)16/h4-9,11H,3,10H2,1-2H3,(H,20,21)/b14-11+. The summed E-state index contributed by atoms with van der Waals surface area (Å²) in [5.74, 6) is 0.422. The predicted octanol–water partition coefficient (Wildman–Crippen LogP) is 3.28. The normalized spacial score (nSPS) is 11.0. The van der Waals surface area contributed by atoms with Crippen LogP contribution in [-0.2, 0) is 4.79 Å². The molecule has 0 aromatic heterocycles. The highest BCUT2D eigenvalue weighted by Crippen LogP contribution is 2.29. The first kappa shape index (κ1) is 15.6. The Balaban J connectivity index is 2.48. The van der Waals surface area contributed by atoms with Crippen molar-refractivity contribution >= 4 is 22.8 Å².